The van der Waals surface area contributed by atoms with Crippen molar-refractivity contribution < 1.29 is 4.74 Å². The van der Waals surface area contributed by atoms with Crippen LogP contribution in [0.15, 0.2) is 24.3 Å². The van der Waals surface area contributed by atoms with Crippen LogP contribution in [0.1, 0.15) is 12.5 Å². The molecule has 1 N–H and O–H groups in total. The topological polar surface area (TPSA) is 27.7 Å². The number of ether oxygens (including phenoxy) is 1. The van der Waals surface area contributed by atoms with Crippen LogP contribution < -0.4 is 10.1 Å². The van der Waals surface area contributed by atoms with E-state index < -0.39 is 0 Å². The van der Waals surface area contributed by atoms with Crippen LogP contribution in [0.3, 0.4) is 0 Å². The third-order valence-corrected chi connectivity index (χ3v) is 4.36. The molecule has 1 aliphatic heterocycles. The third kappa shape index (κ3) is 4.86. The minimum absolute atomic E-state index is 0.874. The summed E-state index contributed by atoms with van der Waals surface area (Å²) in [5.41, 5.74) is 1.29. The Morgan fingerprint density at radius 1 is 1.19 bits per heavy atom. The third-order valence-electron chi connectivity index (χ3n) is 3.96. The SMILES string of the molecule is CCN1CCN(C(=S)NCCc2ccc(OC)cc2)CC1. The maximum Gasteiger partial charge on any atom is 0.169 e. The van der Waals surface area contributed by atoms with Gasteiger partial charge in [0.25, 0.3) is 0 Å². The Balaban J connectivity index is 1.69. The Kier molecular flexibility index (Phi) is 6.26. The van der Waals surface area contributed by atoms with E-state index >= 15 is 0 Å². The van der Waals surface area contributed by atoms with Crippen LogP contribution in [0.2, 0.25) is 0 Å². The number of methoxy groups -OCH3 is 1. The van der Waals surface area contributed by atoms with Crippen molar-refractivity contribution in [3.05, 3.63) is 29.8 Å². The van der Waals surface area contributed by atoms with Crippen LogP contribution in [-0.4, -0.2) is 61.3 Å². The predicted molar refractivity (Wildman–Crippen MR) is 91.0 cm³/mol. The van der Waals surface area contributed by atoms with Crippen molar-refractivity contribution in [2.75, 3.05) is 46.4 Å². The number of rotatable bonds is 5. The second-order valence-corrected chi connectivity index (χ2v) is 5.64. The number of benzene rings is 1. The molecule has 0 atom stereocenters. The lowest BCUT2D eigenvalue weighted by molar-refractivity contribution is 0.189. The average molecular weight is 307 g/mol. The predicted octanol–water partition coefficient (Wildman–Crippen LogP) is 1.75. The molecule has 0 aromatic heterocycles. The molecule has 0 spiro atoms. The second kappa shape index (κ2) is 8.20. The second-order valence-electron chi connectivity index (χ2n) is 5.25. The minimum Gasteiger partial charge on any atom is -0.497 e. The molecule has 1 aromatic rings. The number of nitrogens with one attached hydrogen (secondary N) is 1. The van der Waals surface area contributed by atoms with Gasteiger partial charge in [-0.05, 0) is 42.9 Å². The highest BCUT2D eigenvalue weighted by molar-refractivity contribution is 7.80. The zero-order valence-corrected chi connectivity index (χ0v) is 13.8. The van der Waals surface area contributed by atoms with Gasteiger partial charge in [0.1, 0.15) is 5.75 Å². The summed E-state index contributed by atoms with van der Waals surface area (Å²) >= 11 is 5.48. The van der Waals surface area contributed by atoms with Crippen molar-refractivity contribution in [3.8, 4) is 5.75 Å². The van der Waals surface area contributed by atoms with Crippen molar-refractivity contribution in [1.29, 1.82) is 0 Å². The van der Waals surface area contributed by atoms with E-state index in [0.717, 1.165) is 56.6 Å². The maximum atomic E-state index is 5.48. The molecule has 1 aromatic carbocycles. The highest BCUT2D eigenvalue weighted by atomic mass is 32.1. The molecular weight excluding hydrogens is 282 g/mol. The van der Waals surface area contributed by atoms with Gasteiger partial charge < -0.3 is 19.9 Å². The summed E-state index contributed by atoms with van der Waals surface area (Å²) in [6.07, 6.45) is 0.971. The zero-order valence-electron chi connectivity index (χ0n) is 13.0. The van der Waals surface area contributed by atoms with Gasteiger partial charge in [-0.25, -0.2) is 0 Å². The van der Waals surface area contributed by atoms with Crippen LogP contribution in [-0.2, 0) is 6.42 Å². The molecule has 2 rings (SSSR count). The largest absolute Gasteiger partial charge is 0.497 e. The van der Waals surface area contributed by atoms with Crippen LogP contribution >= 0.6 is 12.2 Å². The molecule has 0 radical (unpaired) electrons. The summed E-state index contributed by atoms with van der Waals surface area (Å²) in [6, 6.07) is 8.20. The lowest BCUT2D eigenvalue weighted by atomic mass is 10.1. The van der Waals surface area contributed by atoms with Gasteiger partial charge in [0.15, 0.2) is 5.11 Å². The molecule has 1 fully saturated rings. The first-order chi connectivity index (χ1) is 10.2. The van der Waals surface area contributed by atoms with E-state index in [1.165, 1.54) is 5.56 Å². The normalized spacial score (nSPS) is 15.8. The molecule has 0 aliphatic carbocycles. The fourth-order valence-electron chi connectivity index (χ4n) is 2.48. The molecule has 0 bridgehead atoms. The standard InChI is InChI=1S/C16H25N3OS/c1-3-18-10-12-19(13-11-18)16(21)17-9-8-14-4-6-15(20-2)7-5-14/h4-7H,3,8-13H2,1-2H3,(H,17,21). The first kappa shape index (κ1) is 16.0. The van der Waals surface area contributed by atoms with E-state index in [1.807, 2.05) is 12.1 Å². The molecular formula is C16H25N3OS. The molecule has 1 heterocycles. The average Bonchev–Trinajstić information content (AvgIpc) is 2.55. The van der Waals surface area contributed by atoms with E-state index in [1.54, 1.807) is 7.11 Å². The van der Waals surface area contributed by atoms with Crippen LogP contribution in [0, 0.1) is 0 Å². The summed E-state index contributed by atoms with van der Waals surface area (Å²) in [5.74, 6) is 0.899. The highest BCUT2D eigenvalue weighted by Crippen LogP contribution is 2.11. The molecule has 116 valence electrons. The van der Waals surface area contributed by atoms with Gasteiger partial charge >= 0.3 is 0 Å². The zero-order chi connectivity index (χ0) is 15.1. The van der Waals surface area contributed by atoms with E-state index in [4.69, 9.17) is 17.0 Å². The monoisotopic (exact) mass is 307 g/mol. The molecule has 0 saturated carbocycles. The Labute approximate surface area is 133 Å². The summed E-state index contributed by atoms with van der Waals surface area (Å²) < 4.78 is 5.16. The Bertz CT molecular complexity index is 441. The van der Waals surface area contributed by atoms with E-state index in [-0.39, 0.29) is 0 Å². The number of hydrogen-bond donors (Lipinski definition) is 1. The molecule has 4 nitrogen and oxygen atoms in total. The van der Waals surface area contributed by atoms with Crippen molar-refractivity contribution >= 4 is 17.3 Å². The van der Waals surface area contributed by atoms with Gasteiger partial charge in [0, 0.05) is 32.7 Å². The van der Waals surface area contributed by atoms with Gasteiger partial charge in [-0.1, -0.05) is 19.1 Å². The summed E-state index contributed by atoms with van der Waals surface area (Å²) in [6.45, 7) is 8.49. The number of hydrogen-bond acceptors (Lipinski definition) is 3. The fourth-order valence-corrected chi connectivity index (χ4v) is 2.77. The van der Waals surface area contributed by atoms with E-state index in [2.05, 4.69) is 34.2 Å². The molecule has 0 unspecified atom stereocenters. The van der Waals surface area contributed by atoms with Gasteiger partial charge in [-0.3, -0.25) is 0 Å². The number of piperazine rings is 1. The fraction of sp³-hybridized carbons (Fsp3) is 0.562. The first-order valence-corrected chi connectivity index (χ1v) is 8.02. The summed E-state index contributed by atoms with van der Waals surface area (Å²) in [5, 5.41) is 4.26. The molecule has 21 heavy (non-hydrogen) atoms. The van der Waals surface area contributed by atoms with Crippen molar-refractivity contribution in [3.63, 3.8) is 0 Å². The maximum absolute atomic E-state index is 5.48. The Morgan fingerprint density at radius 3 is 2.43 bits per heavy atom. The van der Waals surface area contributed by atoms with Crippen LogP contribution in [0.25, 0.3) is 0 Å². The van der Waals surface area contributed by atoms with Gasteiger partial charge in [0.2, 0.25) is 0 Å². The number of likely N-dealkylation sites (N-methyl/N-ethyl adjacent to an activating group) is 1. The molecule has 1 aliphatic rings. The summed E-state index contributed by atoms with van der Waals surface area (Å²) in [7, 11) is 1.69. The lowest BCUT2D eigenvalue weighted by Crippen LogP contribution is -2.51. The Morgan fingerprint density at radius 2 is 1.86 bits per heavy atom. The van der Waals surface area contributed by atoms with Crippen molar-refractivity contribution in [2.45, 2.75) is 13.3 Å². The van der Waals surface area contributed by atoms with E-state index in [0.29, 0.717) is 0 Å². The quantitative estimate of drug-likeness (QED) is 0.837. The van der Waals surface area contributed by atoms with Gasteiger partial charge in [0.05, 0.1) is 7.11 Å². The van der Waals surface area contributed by atoms with Gasteiger partial charge in [-0.2, -0.15) is 0 Å². The lowest BCUT2D eigenvalue weighted by Gasteiger charge is -2.35. The van der Waals surface area contributed by atoms with E-state index in [9.17, 15) is 0 Å². The highest BCUT2D eigenvalue weighted by Gasteiger charge is 2.17. The molecule has 5 heteroatoms. The smallest absolute Gasteiger partial charge is 0.169 e. The molecule has 1 saturated heterocycles. The number of thiocarbonyl (C=S) groups is 1. The first-order valence-electron chi connectivity index (χ1n) is 7.61. The van der Waals surface area contributed by atoms with Gasteiger partial charge in [-0.15, -0.1) is 0 Å². The molecule has 0 amide bonds. The number of nitrogens with zero attached hydrogens (tertiary/aromatic N) is 2. The Hall–Kier alpha value is -1.33. The van der Waals surface area contributed by atoms with Crippen molar-refractivity contribution in [1.82, 2.24) is 15.1 Å². The van der Waals surface area contributed by atoms with Crippen LogP contribution in [0.4, 0.5) is 0 Å². The summed E-state index contributed by atoms with van der Waals surface area (Å²) in [4.78, 5) is 4.73. The minimum atomic E-state index is 0.874. The van der Waals surface area contributed by atoms with Crippen molar-refractivity contribution in [2.24, 2.45) is 0 Å². The van der Waals surface area contributed by atoms with Crippen LogP contribution in [0.5, 0.6) is 5.75 Å².